The molecule has 2 aromatic heterocycles. The van der Waals surface area contributed by atoms with Crippen molar-refractivity contribution in [1.29, 1.82) is 0 Å². The fourth-order valence-electron chi connectivity index (χ4n) is 2.11. The number of hydrogen-bond acceptors (Lipinski definition) is 5. The van der Waals surface area contributed by atoms with E-state index in [4.69, 9.17) is 4.74 Å². The predicted octanol–water partition coefficient (Wildman–Crippen LogP) is 3.08. The lowest BCUT2D eigenvalue weighted by molar-refractivity contribution is 0.415. The lowest BCUT2D eigenvalue weighted by atomic mass is 10.3. The molecule has 0 radical (unpaired) electrons. The van der Waals surface area contributed by atoms with Crippen LogP contribution in [0.15, 0.2) is 44.3 Å². The van der Waals surface area contributed by atoms with Crippen molar-refractivity contribution in [3.8, 4) is 5.75 Å². The van der Waals surface area contributed by atoms with Gasteiger partial charge in [0.1, 0.15) is 9.96 Å². The molecule has 3 rings (SSSR count). The number of hydrogen-bond donors (Lipinski definition) is 0. The van der Waals surface area contributed by atoms with Gasteiger partial charge >= 0.3 is 0 Å². The zero-order chi connectivity index (χ0) is 15.7. The number of nitrogens with zero attached hydrogens (tertiary/aromatic N) is 2. The summed E-state index contributed by atoms with van der Waals surface area (Å²) in [4.78, 5) is 0.471. The second kappa shape index (κ2) is 5.86. The van der Waals surface area contributed by atoms with Crippen LogP contribution in [0, 0.1) is 0 Å². The molecule has 0 fully saturated rings. The van der Waals surface area contributed by atoms with Gasteiger partial charge < -0.3 is 9.30 Å². The molecule has 0 saturated carbocycles. The summed E-state index contributed by atoms with van der Waals surface area (Å²) in [6, 6.07) is 8.94. The van der Waals surface area contributed by atoms with E-state index in [1.54, 1.807) is 24.6 Å². The van der Waals surface area contributed by atoms with Gasteiger partial charge in [-0.1, -0.05) is 17.4 Å². The molecule has 2 heterocycles. The van der Waals surface area contributed by atoms with Crippen molar-refractivity contribution in [3.63, 3.8) is 0 Å². The minimum absolute atomic E-state index is 0.255. The summed E-state index contributed by atoms with van der Waals surface area (Å²) in [6.07, 6.45) is 0. The Kier molecular flexibility index (Phi) is 4.07. The number of aryl methyl sites for hydroxylation is 1. The zero-order valence-corrected chi connectivity index (χ0v) is 14.5. The van der Waals surface area contributed by atoms with E-state index in [2.05, 4.69) is 4.40 Å². The summed E-state index contributed by atoms with van der Waals surface area (Å²) in [5.41, 5.74) is 0.952. The highest BCUT2D eigenvalue weighted by Gasteiger charge is 2.15. The minimum Gasteiger partial charge on any atom is -0.497 e. The van der Waals surface area contributed by atoms with Gasteiger partial charge in [0.05, 0.1) is 17.3 Å². The maximum atomic E-state index is 12.3. The Bertz CT molecular complexity index is 967. The Morgan fingerprint density at radius 1 is 1.32 bits per heavy atom. The molecule has 0 unspecified atom stereocenters. The molecular formula is C14H14N2O3S3. The third-order valence-electron chi connectivity index (χ3n) is 3.15. The standard InChI is InChI=1S/C14H14N2O3S3/c1-3-16-11-7-6-10(19-2)9-12(11)21-14(16)15-22(17,18)13-5-4-8-20-13/h4-9H,3H2,1-2H3. The molecule has 0 amide bonds. The van der Waals surface area contributed by atoms with Gasteiger partial charge in [0.25, 0.3) is 10.0 Å². The van der Waals surface area contributed by atoms with Crippen molar-refractivity contribution >= 4 is 42.9 Å². The Labute approximate surface area is 136 Å². The van der Waals surface area contributed by atoms with Crippen LogP contribution in [-0.2, 0) is 16.6 Å². The maximum absolute atomic E-state index is 12.3. The topological polar surface area (TPSA) is 60.7 Å². The Morgan fingerprint density at radius 2 is 2.14 bits per heavy atom. The van der Waals surface area contributed by atoms with Crippen LogP contribution in [0.25, 0.3) is 10.2 Å². The highest BCUT2D eigenvalue weighted by molar-refractivity contribution is 7.92. The lowest BCUT2D eigenvalue weighted by Crippen LogP contribution is -2.15. The summed E-state index contributed by atoms with van der Waals surface area (Å²) in [6.45, 7) is 2.61. The van der Waals surface area contributed by atoms with Crippen LogP contribution in [0.4, 0.5) is 0 Å². The molecule has 0 aliphatic rings. The number of rotatable bonds is 4. The Hall–Kier alpha value is -1.64. The maximum Gasteiger partial charge on any atom is 0.294 e. The number of sulfonamides is 1. The number of thiophene rings is 1. The average molecular weight is 354 g/mol. The molecule has 0 bridgehead atoms. The van der Waals surface area contributed by atoms with Crippen molar-refractivity contribution < 1.29 is 13.2 Å². The molecule has 5 nitrogen and oxygen atoms in total. The number of thiazole rings is 1. The van der Waals surface area contributed by atoms with E-state index in [0.717, 1.165) is 16.0 Å². The third kappa shape index (κ3) is 2.69. The van der Waals surface area contributed by atoms with Gasteiger partial charge in [0.2, 0.25) is 4.80 Å². The Balaban J connectivity index is 2.24. The zero-order valence-electron chi connectivity index (χ0n) is 12.0. The molecule has 1 aromatic carbocycles. The van der Waals surface area contributed by atoms with Crippen LogP contribution < -0.4 is 9.54 Å². The quantitative estimate of drug-likeness (QED) is 0.723. The van der Waals surface area contributed by atoms with Crippen LogP contribution in [0.3, 0.4) is 0 Å². The van der Waals surface area contributed by atoms with Crippen molar-refractivity contribution in [2.75, 3.05) is 7.11 Å². The van der Waals surface area contributed by atoms with Crippen molar-refractivity contribution in [1.82, 2.24) is 4.57 Å². The number of aromatic nitrogens is 1. The second-order valence-corrected chi connectivity index (χ2v) is 8.25. The number of fused-ring (bicyclic) bond motifs is 1. The largest absolute Gasteiger partial charge is 0.497 e. The van der Waals surface area contributed by atoms with E-state index in [1.165, 1.54) is 22.7 Å². The molecular weight excluding hydrogens is 340 g/mol. The first-order valence-electron chi connectivity index (χ1n) is 6.57. The van der Waals surface area contributed by atoms with Crippen molar-refractivity contribution in [3.05, 3.63) is 40.5 Å². The minimum atomic E-state index is -3.66. The number of methoxy groups -OCH3 is 1. The summed E-state index contributed by atoms with van der Waals surface area (Å²) in [7, 11) is -2.06. The van der Waals surface area contributed by atoms with E-state index in [0.29, 0.717) is 11.3 Å². The molecule has 0 spiro atoms. The third-order valence-corrected chi connectivity index (χ3v) is 6.95. The molecule has 8 heteroatoms. The van der Waals surface area contributed by atoms with Crippen LogP contribution in [0.5, 0.6) is 5.75 Å². The van der Waals surface area contributed by atoms with Crippen LogP contribution in [0.2, 0.25) is 0 Å². The summed E-state index contributed by atoms with van der Waals surface area (Å²) >= 11 is 2.51. The van der Waals surface area contributed by atoms with E-state index in [-0.39, 0.29) is 4.21 Å². The molecule has 0 atom stereocenters. The molecule has 22 heavy (non-hydrogen) atoms. The molecule has 0 saturated heterocycles. The van der Waals surface area contributed by atoms with Gasteiger partial charge in [-0.15, -0.1) is 15.7 Å². The normalized spacial score (nSPS) is 12.9. The lowest BCUT2D eigenvalue weighted by Gasteiger charge is -2.02. The Morgan fingerprint density at radius 3 is 2.77 bits per heavy atom. The molecule has 0 N–H and O–H groups in total. The highest BCUT2D eigenvalue weighted by atomic mass is 32.2. The van der Waals surface area contributed by atoms with Gasteiger partial charge in [0.15, 0.2) is 0 Å². The van der Waals surface area contributed by atoms with E-state index >= 15 is 0 Å². The summed E-state index contributed by atoms with van der Waals surface area (Å²) < 4.78 is 37.0. The van der Waals surface area contributed by atoms with Crippen LogP contribution >= 0.6 is 22.7 Å². The SMILES string of the molecule is CCn1c(=NS(=O)(=O)c2cccs2)sc2cc(OC)ccc21. The van der Waals surface area contributed by atoms with Crippen molar-refractivity contribution in [2.24, 2.45) is 4.40 Å². The van der Waals surface area contributed by atoms with Crippen LogP contribution in [-0.4, -0.2) is 20.1 Å². The monoisotopic (exact) mass is 354 g/mol. The van der Waals surface area contributed by atoms with Gasteiger partial charge in [0, 0.05) is 6.54 Å². The molecule has 3 aromatic rings. The first-order chi connectivity index (χ1) is 10.5. The highest BCUT2D eigenvalue weighted by Crippen LogP contribution is 2.24. The fourth-order valence-corrected chi connectivity index (χ4v) is 5.41. The molecule has 0 aliphatic heterocycles. The number of benzene rings is 1. The van der Waals surface area contributed by atoms with E-state index < -0.39 is 10.0 Å². The van der Waals surface area contributed by atoms with Gasteiger partial charge in [-0.2, -0.15) is 8.42 Å². The average Bonchev–Trinajstić information content (AvgIpc) is 3.13. The van der Waals surface area contributed by atoms with Crippen LogP contribution in [0.1, 0.15) is 6.92 Å². The fraction of sp³-hybridized carbons (Fsp3) is 0.214. The van der Waals surface area contributed by atoms with Crippen molar-refractivity contribution in [2.45, 2.75) is 17.7 Å². The number of ether oxygens (including phenoxy) is 1. The molecule has 116 valence electrons. The first-order valence-corrected chi connectivity index (χ1v) is 9.70. The summed E-state index contributed by atoms with van der Waals surface area (Å²) in [5.74, 6) is 0.740. The van der Waals surface area contributed by atoms with Gasteiger partial charge in [-0.05, 0) is 36.6 Å². The second-order valence-electron chi connectivity index (χ2n) is 4.46. The smallest absolute Gasteiger partial charge is 0.294 e. The summed E-state index contributed by atoms with van der Waals surface area (Å²) in [5, 5.41) is 1.73. The van der Waals surface area contributed by atoms with E-state index in [9.17, 15) is 8.42 Å². The first kappa shape index (κ1) is 15.3. The van der Waals surface area contributed by atoms with Gasteiger partial charge in [-0.25, -0.2) is 0 Å². The predicted molar refractivity (Wildman–Crippen MR) is 89.1 cm³/mol. The van der Waals surface area contributed by atoms with E-state index in [1.807, 2.05) is 29.7 Å². The molecule has 0 aliphatic carbocycles. The van der Waals surface area contributed by atoms with Gasteiger partial charge in [-0.3, -0.25) is 0 Å².